The van der Waals surface area contributed by atoms with E-state index in [4.69, 9.17) is 0 Å². The number of unbranched alkanes of at least 4 members (excludes halogenated alkanes) is 1. The molecular formula is C22H28FN. The molecule has 2 heteroatoms. The van der Waals surface area contributed by atoms with Crippen LogP contribution in [0.15, 0.2) is 36.5 Å². The molecule has 2 aromatic rings. The summed E-state index contributed by atoms with van der Waals surface area (Å²) in [6.07, 6.45) is 10.3. The number of benzene rings is 1. The van der Waals surface area contributed by atoms with Gasteiger partial charge in [-0.2, -0.15) is 0 Å². The van der Waals surface area contributed by atoms with Gasteiger partial charge >= 0.3 is 0 Å². The maximum Gasteiger partial charge on any atom is 0.132 e. The molecule has 3 rings (SSSR count). The fourth-order valence-electron chi connectivity index (χ4n) is 3.70. The van der Waals surface area contributed by atoms with Crippen molar-refractivity contribution in [2.24, 2.45) is 5.92 Å². The molecule has 128 valence electrons. The van der Waals surface area contributed by atoms with Gasteiger partial charge in [-0.1, -0.05) is 45.2 Å². The molecule has 0 N–H and O–H groups in total. The second kappa shape index (κ2) is 7.92. The first-order chi connectivity index (χ1) is 11.7. The molecule has 0 unspecified atom stereocenters. The van der Waals surface area contributed by atoms with Gasteiger partial charge in [0, 0.05) is 11.8 Å². The topological polar surface area (TPSA) is 12.9 Å². The SMILES string of the molecule is CCCCc1ccc(-c2ccc(C3CCC(C)CC3)cn2)c(F)c1. The first kappa shape index (κ1) is 17.1. The molecule has 1 heterocycles. The molecule has 1 saturated carbocycles. The number of halogens is 1. The molecule has 0 amide bonds. The lowest BCUT2D eigenvalue weighted by Crippen LogP contribution is -2.11. The Bertz CT molecular complexity index is 654. The third-order valence-corrected chi connectivity index (χ3v) is 5.40. The molecule has 0 bridgehead atoms. The molecule has 0 saturated heterocycles. The zero-order chi connectivity index (χ0) is 16.9. The van der Waals surface area contributed by atoms with Crippen LogP contribution in [-0.2, 0) is 6.42 Å². The molecule has 0 aliphatic heterocycles. The van der Waals surface area contributed by atoms with Crippen LogP contribution in [-0.4, -0.2) is 4.98 Å². The van der Waals surface area contributed by atoms with E-state index in [1.807, 2.05) is 24.4 Å². The molecule has 1 fully saturated rings. The first-order valence-electron chi connectivity index (χ1n) is 9.42. The smallest absolute Gasteiger partial charge is 0.132 e. The van der Waals surface area contributed by atoms with Gasteiger partial charge < -0.3 is 0 Å². The summed E-state index contributed by atoms with van der Waals surface area (Å²) < 4.78 is 14.4. The summed E-state index contributed by atoms with van der Waals surface area (Å²) in [6, 6.07) is 9.71. The lowest BCUT2D eigenvalue weighted by atomic mass is 9.80. The molecule has 1 aliphatic rings. The quantitative estimate of drug-likeness (QED) is 0.609. The predicted octanol–water partition coefficient (Wildman–Crippen LogP) is 6.52. The normalized spacial score (nSPS) is 21.0. The lowest BCUT2D eigenvalue weighted by molar-refractivity contribution is 0.347. The van der Waals surface area contributed by atoms with Crippen molar-refractivity contribution in [2.75, 3.05) is 0 Å². The molecule has 1 aromatic heterocycles. The highest BCUT2D eigenvalue weighted by atomic mass is 19.1. The Balaban J connectivity index is 1.73. The van der Waals surface area contributed by atoms with E-state index in [1.54, 1.807) is 6.07 Å². The van der Waals surface area contributed by atoms with Gasteiger partial charge in [0.1, 0.15) is 5.82 Å². The third-order valence-electron chi connectivity index (χ3n) is 5.40. The summed E-state index contributed by atoms with van der Waals surface area (Å²) in [5, 5.41) is 0. The van der Waals surface area contributed by atoms with Crippen LogP contribution in [0.1, 0.15) is 69.4 Å². The van der Waals surface area contributed by atoms with Gasteiger partial charge in [-0.15, -0.1) is 0 Å². The zero-order valence-electron chi connectivity index (χ0n) is 14.9. The molecule has 0 spiro atoms. The van der Waals surface area contributed by atoms with Gasteiger partial charge in [0.05, 0.1) is 5.69 Å². The predicted molar refractivity (Wildman–Crippen MR) is 98.6 cm³/mol. The van der Waals surface area contributed by atoms with E-state index in [0.29, 0.717) is 11.5 Å². The van der Waals surface area contributed by atoms with Crippen molar-refractivity contribution >= 4 is 0 Å². The lowest BCUT2D eigenvalue weighted by Gasteiger charge is -2.26. The number of aryl methyl sites for hydroxylation is 1. The second-order valence-corrected chi connectivity index (χ2v) is 7.35. The van der Waals surface area contributed by atoms with E-state index in [1.165, 1.54) is 31.2 Å². The number of nitrogens with zero attached hydrogens (tertiary/aromatic N) is 1. The zero-order valence-corrected chi connectivity index (χ0v) is 14.9. The number of rotatable bonds is 5. The summed E-state index contributed by atoms with van der Waals surface area (Å²) >= 11 is 0. The Morgan fingerprint density at radius 2 is 1.88 bits per heavy atom. The largest absolute Gasteiger partial charge is 0.256 e. The second-order valence-electron chi connectivity index (χ2n) is 7.35. The highest BCUT2D eigenvalue weighted by molar-refractivity contribution is 5.60. The van der Waals surface area contributed by atoms with E-state index >= 15 is 0 Å². The summed E-state index contributed by atoms with van der Waals surface area (Å²) in [4.78, 5) is 4.56. The van der Waals surface area contributed by atoms with Crippen LogP contribution in [0.25, 0.3) is 11.3 Å². The first-order valence-corrected chi connectivity index (χ1v) is 9.42. The summed E-state index contributed by atoms with van der Waals surface area (Å²) in [5.41, 5.74) is 3.73. The van der Waals surface area contributed by atoms with Gasteiger partial charge in [0.15, 0.2) is 0 Å². The summed E-state index contributed by atoms with van der Waals surface area (Å²) in [6.45, 7) is 4.49. The van der Waals surface area contributed by atoms with E-state index in [-0.39, 0.29) is 5.82 Å². The Morgan fingerprint density at radius 1 is 1.08 bits per heavy atom. The Hall–Kier alpha value is -1.70. The molecule has 0 radical (unpaired) electrons. The van der Waals surface area contributed by atoms with Gasteiger partial charge in [-0.3, -0.25) is 4.98 Å². The van der Waals surface area contributed by atoms with Crippen molar-refractivity contribution in [1.82, 2.24) is 4.98 Å². The van der Waals surface area contributed by atoms with Crippen molar-refractivity contribution in [3.05, 3.63) is 53.5 Å². The van der Waals surface area contributed by atoms with E-state index in [9.17, 15) is 4.39 Å². The van der Waals surface area contributed by atoms with Crippen LogP contribution in [0.3, 0.4) is 0 Å². The average Bonchev–Trinajstić information content (AvgIpc) is 2.61. The maximum atomic E-state index is 14.4. The number of aromatic nitrogens is 1. The third kappa shape index (κ3) is 4.03. The maximum absolute atomic E-state index is 14.4. The monoisotopic (exact) mass is 325 g/mol. The van der Waals surface area contributed by atoms with E-state index in [0.717, 1.165) is 36.4 Å². The minimum absolute atomic E-state index is 0.157. The molecule has 1 aromatic carbocycles. The van der Waals surface area contributed by atoms with Crippen LogP contribution in [0.4, 0.5) is 4.39 Å². The summed E-state index contributed by atoms with van der Waals surface area (Å²) in [5.74, 6) is 1.33. The van der Waals surface area contributed by atoms with Gasteiger partial charge in [0.25, 0.3) is 0 Å². The summed E-state index contributed by atoms with van der Waals surface area (Å²) in [7, 11) is 0. The Morgan fingerprint density at radius 3 is 2.50 bits per heavy atom. The molecular weight excluding hydrogens is 297 g/mol. The highest BCUT2D eigenvalue weighted by Gasteiger charge is 2.20. The van der Waals surface area contributed by atoms with Gasteiger partial charge in [-0.25, -0.2) is 4.39 Å². The minimum Gasteiger partial charge on any atom is -0.256 e. The van der Waals surface area contributed by atoms with Crippen molar-refractivity contribution < 1.29 is 4.39 Å². The minimum atomic E-state index is -0.157. The molecule has 24 heavy (non-hydrogen) atoms. The molecule has 1 nitrogen and oxygen atoms in total. The van der Waals surface area contributed by atoms with Crippen LogP contribution < -0.4 is 0 Å². The Kier molecular flexibility index (Phi) is 5.65. The number of pyridine rings is 1. The molecule has 1 aliphatic carbocycles. The van der Waals surface area contributed by atoms with E-state index < -0.39 is 0 Å². The molecule has 0 atom stereocenters. The van der Waals surface area contributed by atoms with Crippen LogP contribution in [0.5, 0.6) is 0 Å². The van der Waals surface area contributed by atoms with E-state index in [2.05, 4.69) is 24.9 Å². The van der Waals surface area contributed by atoms with Crippen LogP contribution >= 0.6 is 0 Å². The van der Waals surface area contributed by atoms with Crippen molar-refractivity contribution in [2.45, 2.75) is 64.7 Å². The van der Waals surface area contributed by atoms with Gasteiger partial charge in [0.2, 0.25) is 0 Å². The fourth-order valence-corrected chi connectivity index (χ4v) is 3.70. The highest BCUT2D eigenvalue weighted by Crippen LogP contribution is 2.35. The van der Waals surface area contributed by atoms with Gasteiger partial charge in [-0.05, 0) is 66.8 Å². The average molecular weight is 325 g/mol. The van der Waals surface area contributed by atoms with Crippen LogP contribution in [0.2, 0.25) is 0 Å². The number of hydrogen-bond donors (Lipinski definition) is 0. The number of hydrogen-bond acceptors (Lipinski definition) is 1. The van der Waals surface area contributed by atoms with Crippen molar-refractivity contribution in [3.8, 4) is 11.3 Å². The fraction of sp³-hybridized carbons (Fsp3) is 0.500. The van der Waals surface area contributed by atoms with Crippen LogP contribution in [0, 0.1) is 11.7 Å². The standard InChI is InChI=1S/C22H28FN/c1-3-4-5-17-8-12-20(21(23)14-17)22-13-11-19(15-24-22)18-9-6-16(2)7-10-18/h8,11-16,18H,3-7,9-10H2,1-2H3. The Labute approximate surface area is 145 Å². The van der Waals surface area contributed by atoms with Crippen molar-refractivity contribution in [1.29, 1.82) is 0 Å². The van der Waals surface area contributed by atoms with Crippen molar-refractivity contribution in [3.63, 3.8) is 0 Å².